The molecule has 0 radical (unpaired) electrons. The highest BCUT2D eigenvalue weighted by Crippen LogP contribution is 2.05. The first-order valence-corrected chi connectivity index (χ1v) is 5.31. The molecule has 0 unspecified atom stereocenters. The van der Waals surface area contributed by atoms with Crippen LogP contribution >= 0.6 is 0 Å². The Bertz CT molecular complexity index is 372. The molecule has 0 amide bonds. The molecule has 0 aliphatic rings. The summed E-state index contributed by atoms with van der Waals surface area (Å²) in [4.78, 5) is 11.4. The minimum atomic E-state index is -0.499. The average Bonchev–Trinajstić information content (AvgIpc) is 2.28. The Balaban J connectivity index is 2.41. The van der Waals surface area contributed by atoms with E-state index < -0.39 is 11.8 Å². The molecule has 3 heteroatoms. The maximum atomic E-state index is 12.8. The predicted octanol–water partition coefficient (Wildman–Crippen LogP) is 3.34. The van der Waals surface area contributed by atoms with Crippen LogP contribution in [0.25, 0.3) is 0 Å². The monoisotopic (exact) mass is 222 g/mol. The fourth-order valence-corrected chi connectivity index (χ4v) is 1.18. The second-order valence-electron chi connectivity index (χ2n) is 3.37. The number of carbonyl (C=O) groups is 1. The minimum Gasteiger partial charge on any atom is -0.458 e. The van der Waals surface area contributed by atoms with E-state index in [-0.39, 0.29) is 12.2 Å². The number of ether oxygens (including phenoxy) is 1. The van der Waals surface area contributed by atoms with Gasteiger partial charge in [-0.05, 0) is 24.6 Å². The summed E-state index contributed by atoms with van der Waals surface area (Å²) in [5.41, 5.74) is 0.240. The van der Waals surface area contributed by atoms with Crippen LogP contribution in [0, 0.1) is 5.82 Å². The molecule has 1 aromatic carbocycles. The fourth-order valence-electron chi connectivity index (χ4n) is 1.18. The molecule has 2 nitrogen and oxygen atoms in total. The Kier molecular flexibility index (Phi) is 5.26. The molecule has 0 saturated heterocycles. The van der Waals surface area contributed by atoms with Crippen LogP contribution < -0.4 is 0 Å². The topological polar surface area (TPSA) is 26.3 Å². The largest absolute Gasteiger partial charge is 0.458 e. The van der Waals surface area contributed by atoms with Crippen LogP contribution in [0.1, 0.15) is 30.1 Å². The standard InChI is InChI=1S/C13H15FO2/c1-2-3-4-5-9-16-13(15)11-7-6-8-12(14)10-11/h4-8,10H,2-3,9H2,1H3/b5-4+. The third-order valence-electron chi connectivity index (χ3n) is 1.99. The van der Waals surface area contributed by atoms with Gasteiger partial charge < -0.3 is 4.74 Å². The molecule has 0 aliphatic carbocycles. The Morgan fingerprint density at radius 3 is 2.94 bits per heavy atom. The molecular weight excluding hydrogens is 207 g/mol. The molecule has 0 spiro atoms. The summed E-state index contributed by atoms with van der Waals surface area (Å²) in [6.45, 7) is 2.30. The van der Waals surface area contributed by atoms with Crippen molar-refractivity contribution in [2.45, 2.75) is 19.8 Å². The quantitative estimate of drug-likeness (QED) is 0.564. The maximum absolute atomic E-state index is 12.8. The first kappa shape index (κ1) is 12.4. The van der Waals surface area contributed by atoms with Gasteiger partial charge in [-0.3, -0.25) is 0 Å². The summed E-state index contributed by atoms with van der Waals surface area (Å²) in [6.07, 6.45) is 5.78. The van der Waals surface area contributed by atoms with Crippen LogP contribution in [0.5, 0.6) is 0 Å². The van der Waals surface area contributed by atoms with E-state index in [1.54, 1.807) is 6.08 Å². The van der Waals surface area contributed by atoms with Gasteiger partial charge in [0.1, 0.15) is 12.4 Å². The zero-order valence-corrected chi connectivity index (χ0v) is 9.28. The average molecular weight is 222 g/mol. The van der Waals surface area contributed by atoms with Crippen molar-refractivity contribution < 1.29 is 13.9 Å². The second-order valence-corrected chi connectivity index (χ2v) is 3.37. The van der Waals surface area contributed by atoms with E-state index in [1.165, 1.54) is 18.2 Å². The lowest BCUT2D eigenvalue weighted by atomic mass is 10.2. The molecule has 16 heavy (non-hydrogen) atoms. The van der Waals surface area contributed by atoms with Gasteiger partial charge >= 0.3 is 5.97 Å². The zero-order valence-electron chi connectivity index (χ0n) is 9.28. The zero-order chi connectivity index (χ0) is 11.8. The van der Waals surface area contributed by atoms with Crippen LogP contribution in [0.3, 0.4) is 0 Å². The van der Waals surface area contributed by atoms with Gasteiger partial charge in [0.05, 0.1) is 5.56 Å². The molecule has 1 rings (SSSR count). The van der Waals surface area contributed by atoms with E-state index >= 15 is 0 Å². The Morgan fingerprint density at radius 1 is 1.44 bits per heavy atom. The maximum Gasteiger partial charge on any atom is 0.338 e. The molecule has 0 saturated carbocycles. The minimum absolute atomic E-state index is 0.231. The highest BCUT2D eigenvalue weighted by molar-refractivity contribution is 5.89. The molecule has 0 aromatic heterocycles. The second kappa shape index (κ2) is 6.77. The normalized spacial score (nSPS) is 10.6. The van der Waals surface area contributed by atoms with Crippen LogP contribution in [-0.2, 0) is 4.74 Å². The number of rotatable bonds is 5. The lowest BCUT2D eigenvalue weighted by Gasteiger charge is -2.01. The summed E-state index contributed by atoms with van der Waals surface area (Å²) in [5, 5.41) is 0. The van der Waals surface area contributed by atoms with Crippen molar-refractivity contribution in [2.75, 3.05) is 6.61 Å². The predicted molar refractivity (Wildman–Crippen MR) is 60.7 cm³/mol. The molecule has 0 aliphatic heterocycles. The van der Waals surface area contributed by atoms with Gasteiger partial charge in [0.2, 0.25) is 0 Å². The van der Waals surface area contributed by atoms with E-state index in [2.05, 4.69) is 6.92 Å². The number of halogens is 1. The number of benzene rings is 1. The van der Waals surface area contributed by atoms with Gasteiger partial charge in [0.25, 0.3) is 0 Å². The van der Waals surface area contributed by atoms with Gasteiger partial charge in [-0.25, -0.2) is 9.18 Å². The highest BCUT2D eigenvalue weighted by atomic mass is 19.1. The lowest BCUT2D eigenvalue weighted by molar-refractivity contribution is 0.0549. The SMILES string of the molecule is CCC/C=C/COC(=O)c1cccc(F)c1. The first-order valence-electron chi connectivity index (χ1n) is 5.31. The number of hydrogen-bond donors (Lipinski definition) is 0. The van der Waals surface area contributed by atoms with E-state index in [9.17, 15) is 9.18 Å². The summed E-state index contributed by atoms with van der Waals surface area (Å²) < 4.78 is 17.7. The highest BCUT2D eigenvalue weighted by Gasteiger charge is 2.06. The molecule has 1 aromatic rings. The molecule has 0 heterocycles. The molecule has 0 atom stereocenters. The van der Waals surface area contributed by atoms with Gasteiger partial charge in [0.15, 0.2) is 0 Å². The lowest BCUT2D eigenvalue weighted by Crippen LogP contribution is -2.05. The molecule has 86 valence electrons. The molecular formula is C13H15FO2. The summed E-state index contributed by atoms with van der Waals surface area (Å²) in [7, 11) is 0. The van der Waals surface area contributed by atoms with Crippen LogP contribution in [0.2, 0.25) is 0 Å². The third kappa shape index (κ3) is 4.26. The third-order valence-corrected chi connectivity index (χ3v) is 1.99. The van der Waals surface area contributed by atoms with Crippen molar-refractivity contribution in [3.8, 4) is 0 Å². The van der Waals surface area contributed by atoms with E-state index in [0.717, 1.165) is 18.9 Å². The van der Waals surface area contributed by atoms with Crippen molar-refractivity contribution in [3.63, 3.8) is 0 Å². The van der Waals surface area contributed by atoms with E-state index in [0.29, 0.717) is 0 Å². The Labute approximate surface area is 94.7 Å². The van der Waals surface area contributed by atoms with Crippen molar-refractivity contribution in [3.05, 3.63) is 47.8 Å². The summed E-state index contributed by atoms with van der Waals surface area (Å²) >= 11 is 0. The van der Waals surface area contributed by atoms with Crippen molar-refractivity contribution >= 4 is 5.97 Å². The van der Waals surface area contributed by atoms with Gasteiger partial charge in [-0.15, -0.1) is 0 Å². The van der Waals surface area contributed by atoms with E-state index in [4.69, 9.17) is 4.74 Å². The number of carbonyl (C=O) groups excluding carboxylic acids is 1. The van der Waals surface area contributed by atoms with Crippen LogP contribution in [0.15, 0.2) is 36.4 Å². The first-order chi connectivity index (χ1) is 7.74. The number of esters is 1. The van der Waals surface area contributed by atoms with Crippen molar-refractivity contribution in [1.29, 1.82) is 0 Å². The van der Waals surface area contributed by atoms with Crippen LogP contribution in [0.4, 0.5) is 4.39 Å². The number of unbranched alkanes of at least 4 members (excludes halogenated alkanes) is 1. The van der Waals surface area contributed by atoms with Crippen LogP contribution in [-0.4, -0.2) is 12.6 Å². The molecule has 0 bridgehead atoms. The Morgan fingerprint density at radius 2 is 2.25 bits per heavy atom. The summed E-state index contributed by atoms with van der Waals surface area (Å²) in [6, 6.07) is 5.47. The molecule has 0 N–H and O–H groups in total. The smallest absolute Gasteiger partial charge is 0.338 e. The number of allylic oxidation sites excluding steroid dienone is 1. The number of hydrogen-bond acceptors (Lipinski definition) is 2. The van der Waals surface area contributed by atoms with Crippen molar-refractivity contribution in [2.24, 2.45) is 0 Å². The Hall–Kier alpha value is -1.64. The van der Waals surface area contributed by atoms with Gasteiger partial charge in [-0.1, -0.05) is 31.6 Å². The van der Waals surface area contributed by atoms with Gasteiger partial charge in [-0.2, -0.15) is 0 Å². The van der Waals surface area contributed by atoms with Crippen molar-refractivity contribution in [1.82, 2.24) is 0 Å². The van der Waals surface area contributed by atoms with E-state index in [1.807, 2.05) is 6.08 Å². The fraction of sp³-hybridized carbons (Fsp3) is 0.308. The van der Waals surface area contributed by atoms with Gasteiger partial charge in [0, 0.05) is 0 Å². The molecule has 0 fully saturated rings. The summed E-state index contributed by atoms with van der Waals surface area (Å²) in [5.74, 6) is -0.934.